The van der Waals surface area contributed by atoms with Crippen molar-refractivity contribution in [3.63, 3.8) is 0 Å². The molecule has 0 atom stereocenters. The van der Waals surface area contributed by atoms with Crippen LogP contribution in [0.15, 0.2) is 11.3 Å². The summed E-state index contributed by atoms with van der Waals surface area (Å²) in [5, 5.41) is 6.41. The van der Waals surface area contributed by atoms with Crippen LogP contribution in [-0.2, 0) is 4.79 Å². The van der Waals surface area contributed by atoms with Crippen molar-refractivity contribution in [2.45, 2.75) is 26.7 Å². The van der Waals surface area contributed by atoms with E-state index in [0.717, 1.165) is 25.2 Å². The van der Waals surface area contributed by atoms with Gasteiger partial charge in [0.25, 0.3) is 0 Å². The van der Waals surface area contributed by atoms with Crippen molar-refractivity contribution in [3.05, 3.63) is 11.3 Å². The highest BCUT2D eigenvalue weighted by Crippen LogP contribution is 2.35. The maximum absolute atomic E-state index is 11.7. The predicted molar refractivity (Wildman–Crippen MR) is 51.1 cm³/mol. The van der Waals surface area contributed by atoms with E-state index in [2.05, 4.69) is 24.5 Å². The van der Waals surface area contributed by atoms with Gasteiger partial charge in [-0.1, -0.05) is 13.8 Å². The lowest BCUT2D eigenvalue weighted by Gasteiger charge is -2.35. The zero-order chi connectivity index (χ0) is 9.47. The second-order valence-corrected chi connectivity index (χ2v) is 4.68. The van der Waals surface area contributed by atoms with Crippen LogP contribution in [0.4, 0.5) is 0 Å². The van der Waals surface area contributed by atoms with Gasteiger partial charge in [-0.25, -0.2) is 0 Å². The quantitative estimate of drug-likeness (QED) is 0.579. The number of nitrogens with one attached hydrogen (secondary N) is 2. The molecule has 0 bridgehead atoms. The van der Waals surface area contributed by atoms with E-state index in [1.807, 2.05) is 0 Å². The average Bonchev–Trinajstić information content (AvgIpc) is 2.02. The van der Waals surface area contributed by atoms with E-state index in [4.69, 9.17) is 0 Å². The van der Waals surface area contributed by atoms with Crippen LogP contribution in [0.3, 0.4) is 0 Å². The van der Waals surface area contributed by atoms with Gasteiger partial charge in [0.2, 0.25) is 0 Å². The molecule has 2 aliphatic rings. The summed E-state index contributed by atoms with van der Waals surface area (Å²) in [4.78, 5) is 11.7. The fourth-order valence-electron chi connectivity index (χ4n) is 2.09. The third-order valence-corrected chi connectivity index (χ3v) is 2.72. The second kappa shape index (κ2) is 2.84. The highest BCUT2D eigenvalue weighted by molar-refractivity contribution is 5.98. The number of carbonyl (C=O) groups is 1. The van der Waals surface area contributed by atoms with Crippen molar-refractivity contribution in [3.8, 4) is 0 Å². The van der Waals surface area contributed by atoms with E-state index in [1.54, 1.807) is 0 Å². The molecule has 0 amide bonds. The standard InChI is InChI=1S/C10H16N2O/c1-10(2)3-8-7(9(13)4-10)5-11-6-12-8/h11-12H,3-6H2,1-2H3. The fourth-order valence-corrected chi connectivity index (χ4v) is 2.09. The van der Waals surface area contributed by atoms with Gasteiger partial charge in [0.15, 0.2) is 5.78 Å². The summed E-state index contributed by atoms with van der Waals surface area (Å²) in [6.45, 7) is 5.84. The lowest BCUT2D eigenvalue weighted by atomic mass is 9.75. The molecular weight excluding hydrogens is 164 g/mol. The normalized spacial score (nSPS) is 26.8. The Morgan fingerprint density at radius 3 is 2.85 bits per heavy atom. The minimum absolute atomic E-state index is 0.139. The van der Waals surface area contributed by atoms with Gasteiger partial charge in [0.1, 0.15) is 0 Å². The van der Waals surface area contributed by atoms with Gasteiger partial charge in [-0.05, 0) is 11.8 Å². The molecule has 13 heavy (non-hydrogen) atoms. The van der Waals surface area contributed by atoms with Crippen molar-refractivity contribution in [1.82, 2.24) is 10.6 Å². The minimum atomic E-state index is 0.139. The van der Waals surface area contributed by atoms with Crippen molar-refractivity contribution in [2.75, 3.05) is 13.2 Å². The zero-order valence-electron chi connectivity index (χ0n) is 8.24. The maximum atomic E-state index is 11.7. The highest BCUT2D eigenvalue weighted by atomic mass is 16.1. The summed E-state index contributed by atoms with van der Waals surface area (Å²) in [7, 11) is 0. The van der Waals surface area contributed by atoms with Gasteiger partial charge >= 0.3 is 0 Å². The topological polar surface area (TPSA) is 41.1 Å². The van der Waals surface area contributed by atoms with Crippen molar-refractivity contribution < 1.29 is 4.79 Å². The van der Waals surface area contributed by atoms with Crippen LogP contribution < -0.4 is 10.6 Å². The van der Waals surface area contributed by atoms with Crippen molar-refractivity contribution >= 4 is 5.78 Å². The van der Waals surface area contributed by atoms with Gasteiger partial charge in [0, 0.05) is 24.2 Å². The number of allylic oxidation sites excluding steroid dienone is 1. The fraction of sp³-hybridized carbons (Fsp3) is 0.700. The van der Waals surface area contributed by atoms with Crippen LogP contribution in [0.25, 0.3) is 0 Å². The maximum Gasteiger partial charge on any atom is 0.162 e. The Hall–Kier alpha value is -0.830. The molecular formula is C10H16N2O. The first-order valence-electron chi connectivity index (χ1n) is 4.78. The van der Waals surface area contributed by atoms with Gasteiger partial charge in [-0.15, -0.1) is 0 Å². The number of carbonyl (C=O) groups excluding carboxylic acids is 1. The van der Waals surface area contributed by atoms with E-state index >= 15 is 0 Å². The third kappa shape index (κ3) is 1.61. The SMILES string of the molecule is CC1(C)CC(=O)C2=C(C1)NCNC2. The Morgan fingerprint density at radius 2 is 2.08 bits per heavy atom. The monoisotopic (exact) mass is 180 g/mol. The molecule has 1 aliphatic heterocycles. The summed E-state index contributed by atoms with van der Waals surface area (Å²) in [5.41, 5.74) is 2.28. The number of hydrogen-bond donors (Lipinski definition) is 2. The van der Waals surface area contributed by atoms with E-state index in [0.29, 0.717) is 12.2 Å². The lowest BCUT2D eigenvalue weighted by Crippen LogP contribution is -2.43. The van der Waals surface area contributed by atoms with Gasteiger partial charge < -0.3 is 5.32 Å². The molecule has 0 saturated heterocycles. The lowest BCUT2D eigenvalue weighted by molar-refractivity contribution is -0.118. The smallest absolute Gasteiger partial charge is 0.162 e. The molecule has 1 heterocycles. The zero-order valence-corrected chi connectivity index (χ0v) is 8.24. The van der Waals surface area contributed by atoms with E-state index < -0.39 is 0 Å². The summed E-state index contributed by atoms with van der Waals surface area (Å²) in [6.07, 6.45) is 1.70. The Bertz CT molecular complexity index is 279. The van der Waals surface area contributed by atoms with Crippen molar-refractivity contribution in [2.24, 2.45) is 5.41 Å². The van der Waals surface area contributed by atoms with Crippen LogP contribution in [0.1, 0.15) is 26.7 Å². The Kier molecular flexibility index (Phi) is 1.91. The van der Waals surface area contributed by atoms with Gasteiger partial charge in [0.05, 0.1) is 6.67 Å². The Morgan fingerprint density at radius 1 is 1.31 bits per heavy atom. The van der Waals surface area contributed by atoms with E-state index in [-0.39, 0.29) is 5.41 Å². The molecule has 2 N–H and O–H groups in total. The van der Waals surface area contributed by atoms with Crippen molar-refractivity contribution in [1.29, 1.82) is 0 Å². The second-order valence-electron chi connectivity index (χ2n) is 4.68. The Labute approximate surface area is 78.6 Å². The minimum Gasteiger partial charge on any atom is -0.375 e. The first kappa shape index (κ1) is 8.75. The van der Waals surface area contributed by atoms with Crippen LogP contribution in [-0.4, -0.2) is 19.0 Å². The van der Waals surface area contributed by atoms with Crippen LogP contribution >= 0.6 is 0 Å². The molecule has 0 spiro atoms. The number of hydrogen-bond acceptors (Lipinski definition) is 3. The molecule has 0 fully saturated rings. The summed E-state index contributed by atoms with van der Waals surface area (Å²) in [5.74, 6) is 0.311. The van der Waals surface area contributed by atoms with Gasteiger partial charge in [-0.2, -0.15) is 0 Å². The molecule has 0 aromatic carbocycles. The summed E-state index contributed by atoms with van der Waals surface area (Å²) in [6, 6.07) is 0. The predicted octanol–water partition coefficient (Wildman–Crippen LogP) is 0.780. The average molecular weight is 180 g/mol. The Balaban J connectivity index is 2.30. The highest BCUT2D eigenvalue weighted by Gasteiger charge is 2.33. The third-order valence-electron chi connectivity index (χ3n) is 2.72. The number of rotatable bonds is 0. The number of Topliss-reactive ketones (excluding diaryl/α,β-unsaturated/α-hetero) is 1. The van der Waals surface area contributed by atoms with Crippen LogP contribution in [0.5, 0.6) is 0 Å². The molecule has 0 radical (unpaired) electrons. The molecule has 0 aromatic heterocycles. The summed E-state index contributed by atoms with van der Waals surface area (Å²) >= 11 is 0. The van der Waals surface area contributed by atoms with Crippen LogP contribution in [0.2, 0.25) is 0 Å². The molecule has 0 aromatic rings. The molecule has 2 rings (SSSR count). The van der Waals surface area contributed by atoms with E-state index in [9.17, 15) is 4.79 Å². The molecule has 0 saturated carbocycles. The number of ketones is 1. The largest absolute Gasteiger partial charge is 0.375 e. The molecule has 3 heteroatoms. The first-order chi connectivity index (χ1) is 6.08. The molecule has 0 unspecified atom stereocenters. The molecule has 1 aliphatic carbocycles. The molecule has 72 valence electrons. The summed E-state index contributed by atoms with van der Waals surface area (Å²) < 4.78 is 0. The first-order valence-corrected chi connectivity index (χ1v) is 4.78. The van der Waals surface area contributed by atoms with Crippen LogP contribution in [0, 0.1) is 5.41 Å². The molecule has 3 nitrogen and oxygen atoms in total. The van der Waals surface area contributed by atoms with Gasteiger partial charge in [-0.3, -0.25) is 10.1 Å². The van der Waals surface area contributed by atoms with E-state index in [1.165, 1.54) is 5.70 Å².